The number of nitrogens with zero attached hydrogens (tertiary/aromatic N) is 1. The molecule has 19 heavy (non-hydrogen) atoms. The lowest BCUT2D eigenvalue weighted by Crippen LogP contribution is -1.88. The van der Waals surface area contributed by atoms with Gasteiger partial charge in [-0.1, -0.05) is 11.6 Å². The van der Waals surface area contributed by atoms with Gasteiger partial charge in [-0.2, -0.15) is 0 Å². The number of hydrogen-bond donors (Lipinski definition) is 1. The zero-order valence-corrected chi connectivity index (χ0v) is 11.6. The molecule has 96 valence electrons. The number of oxazole rings is 1. The number of nitrogens with two attached hydrogens (primary N) is 1. The van der Waals surface area contributed by atoms with Crippen LogP contribution < -0.4 is 5.73 Å². The molecule has 0 aliphatic heterocycles. The van der Waals surface area contributed by atoms with Gasteiger partial charge in [-0.25, -0.2) is 4.98 Å². The van der Waals surface area contributed by atoms with Crippen LogP contribution in [0.3, 0.4) is 0 Å². The molecule has 5 heteroatoms. The van der Waals surface area contributed by atoms with Crippen molar-refractivity contribution in [2.24, 2.45) is 0 Å². The normalized spacial score (nSPS) is 14.2. The average molecular weight is 291 g/mol. The van der Waals surface area contributed by atoms with E-state index in [1.807, 2.05) is 12.1 Å². The molecule has 1 aliphatic rings. The van der Waals surface area contributed by atoms with E-state index in [-0.39, 0.29) is 0 Å². The second-order valence-corrected chi connectivity index (χ2v) is 6.30. The molecule has 3 aromatic rings. The van der Waals surface area contributed by atoms with Crippen molar-refractivity contribution < 1.29 is 4.42 Å². The third-order valence-electron chi connectivity index (χ3n) is 3.51. The molecule has 0 unspecified atom stereocenters. The van der Waals surface area contributed by atoms with E-state index in [0.29, 0.717) is 16.5 Å². The quantitative estimate of drug-likeness (QED) is 0.728. The highest BCUT2D eigenvalue weighted by Gasteiger charge is 2.25. The van der Waals surface area contributed by atoms with E-state index in [0.717, 1.165) is 28.9 Å². The van der Waals surface area contributed by atoms with Crippen LogP contribution in [0.5, 0.6) is 0 Å². The highest BCUT2D eigenvalue weighted by molar-refractivity contribution is 7.16. The second kappa shape index (κ2) is 3.99. The van der Waals surface area contributed by atoms with Crippen LogP contribution in [-0.2, 0) is 12.8 Å². The molecular weight excluding hydrogens is 280 g/mol. The summed E-state index contributed by atoms with van der Waals surface area (Å²) in [6.45, 7) is 0. The van der Waals surface area contributed by atoms with Crippen molar-refractivity contribution in [3.8, 4) is 11.5 Å². The molecular formula is C14H11ClN2OS. The van der Waals surface area contributed by atoms with Gasteiger partial charge in [0.05, 0.1) is 10.6 Å². The van der Waals surface area contributed by atoms with Crippen molar-refractivity contribution in [1.29, 1.82) is 0 Å². The van der Waals surface area contributed by atoms with E-state index in [1.54, 1.807) is 17.4 Å². The summed E-state index contributed by atoms with van der Waals surface area (Å²) in [6, 6.07) is 5.47. The largest absolute Gasteiger partial charge is 0.436 e. The standard InChI is InChI=1S/C14H11ClN2OS/c15-7-4-5-9-10(6-7)18-14(17-9)12-8-2-1-3-11(8)19-13(12)16/h4-6H,1-3,16H2. The lowest BCUT2D eigenvalue weighted by molar-refractivity contribution is 0.619. The summed E-state index contributed by atoms with van der Waals surface area (Å²) in [6.07, 6.45) is 3.38. The van der Waals surface area contributed by atoms with Crippen LogP contribution in [0.15, 0.2) is 22.6 Å². The summed E-state index contributed by atoms with van der Waals surface area (Å²) in [5, 5.41) is 1.46. The number of fused-ring (bicyclic) bond motifs is 2. The lowest BCUT2D eigenvalue weighted by Gasteiger charge is -1.97. The second-order valence-electron chi connectivity index (χ2n) is 4.73. The molecule has 1 aromatic carbocycles. The van der Waals surface area contributed by atoms with Crippen LogP contribution in [-0.4, -0.2) is 4.98 Å². The van der Waals surface area contributed by atoms with Gasteiger partial charge in [0, 0.05) is 16.0 Å². The summed E-state index contributed by atoms with van der Waals surface area (Å²) < 4.78 is 5.83. The third kappa shape index (κ3) is 1.67. The fourth-order valence-electron chi connectivity index (χ4n) is 2.67. The first-order valence-corrected chi connectivity index (χ1v) is 7.38. The van der Waals surface area contributed by atoms with Crippen molar-refractivity contribution in [2.75, 3.05) is 5.73 Å². The van der Waals surface area contributed by atoms with E-state index in [1.165, 1.54) is 16.9 Å². The molecule has 1 aliphatic carbocycles. The Balaban J connectivity index is 1.95. The van der Waals surface area contributed by atoms with Crippen LogP contribution in [0.25, 0.3) is 22.6 Å². The summed E-state index contributed by atoms with van der Waals surface area (Å²) >= 11 is 7.63. The van der Waals surface area contributed by atoms with E-state index in [4.69, 9.17) is 21.8 Å². The minimum absolute atomic E-state index is 0.620. The van der Waals surface area contributed by atoms with Crippen molar-refractivity contribution in [3.63, 3.8) is 0 Å². The predicted octanol–water partition coefficient (Wildman–Crippen LogP) is 4.28. The number of rotatable bonds is 1. The summed E-state index contributed by atoms with van der Waals surface area (Å²) in [4.78, 5) is 5.92. The molecule has 0 atom stereocenters. The van der Waals surface area contributed by atoms with Gasteiger partial charge >= 0.3 is 0 Å². The number of hydrogen-bond acceptors (Lipinski definition) is 4. The molecule has 3 nitrogen and oxygen atoms in total. The first kappa shape index (κ1) is 11.3. The number of aromatic nitrogens is 1. The van der Waals surface area contributed by atoms with Crippen LogP contribution in [0, 0.1) is 0 Å². The molecule has 0 fully saturated rings. The zero-order valence-electron chi connectivity index (χ0n) is 10.1. The Morgan fingerprint density at radius 2 is 2.21 bits per heavy atom. The van der Waals surface area contributed by atoms with E-state index >= 15 is 0 Å². The van der Waals surface area contributed by atoms with Gasteiger partial charge in [0.15, 0.2) is 5.58 Å². The van der Waals surface area contributed by atoms with Gasteiger partial charge in [-0.3, -0.25) is 0 Å². The summed E-state index contributed by atoms with van der Waals surface area (Å²) in [5.74, 6) is 0.620. The van der Waals surface area contributed by atoms with Gasteiger partial charge in [0.2, 0.25) is 5.89 Å². The Labute approximate surface area is 119 Å². The first-order chi connectivity index (χ1) is 9.22. The van der Waals surface area contributed by atoms with Crippen LogP contribution in [0.1, 0.15) is 16.9 Å². The van der Waals surface area contributed by atoms with Crippen LogP contribution in [0.2, 0.25) is 5.02 Å². The Bertz CT molecular complexity index is 790. The Kier molecular flexibility index (Phi) is 2.37. The molecule has 2 N–H and O–H groups in total. The highest BCUT2D eigenvalue weighted by Crippen LogP contribution is 2.43. The van der Waals surface area contributed by atoms with E-state index in [2.05, 4.69) is 4.98 Å². The molecule has 0 bridgehead atoms. The monoisotopic (exact) mass is 290 g/mol. The number of halogens is 1. The van der Waals surface area contributed by atoms with Crippen LogP contribution >= 0.6 is 22.9 Å². The van der Waals surface area contributed by atoms with Crippen molar-refractivity contribution in [2.45, 2.75) is 19.3 Å². The van der Waals surface area contributed by atoms with Gasteiger partial charge in [-0.05, 0) is 37.0 Å². The fraction of sp³-hybridized carbons (Fsp3) is 0.214. The highest BCUT2D eigenvalue weighted by atomic mass is 35.5. The molecule has 4 rings (SSSR count). The topological polar surface area (TPSA) is 52.0 Å². The minimum atomic E-state index is 0.620. The molecule has 0 saturated carbocycles. The molecule has 2 aromatic heterocycles. The molecule has 2 heterocycles. The zero-order chi connectivity index (χ0) is 13.0. The molecule has 0 radical (unpaired) electrons. The molecule has 0 saturated heterocycles. The van der Waals surface area contributed by atoms with Crippen molar-refractivity contribution in [1.82, 2.24) is 4.98 Å². The Morgan fingerprint density at radius 1 is 1.32 bits per heavy atom. The van der Waals surface area contributed by atoms with Crippen LogP contribution in [0.4, 0.5) is 5.00 Å². The number of nitrogen functional groups attached to an aromatic ring is 1. The molecule has 0 amide bonds. The van der Waals surface area contributed by atoms with E-state index < -0.39 is 0 Å². The molecule has 0 spiro atoms. The Morgan fingerprint density at radius 3 is 3.11 bits per heavy atom. The third-order valence-corrected chi connectivity index (χ3v) is 4.87. The lowest BCUT2D eigenvalue weighted by atomic mass is 10.1. The maximum absolute atomic E-state index is 6.13. The van der Waals surface area contributed by atoms with Gasteiger partial charge in [0.1, 0.15) is 5.52 Å². The number of aryl methyl sites for hydroxylation is 1. The van der Waals surface area contributed by atoms with E-state index in [9.17, 15) is 0 Å². The van der Waals surface area contributed by atoms with Gasteiger partial charge < -0.3 is 10.2 Å². The number of benzene rings is 1. The van der Waals surface area contributed by atoms with Crippen molar-refractivity contribution in [3.05, 3.63) is 33.7 Å². The SMILES string of the molecule is Nc1sc2c(c1-c1nc3ccc(Cl)cc3o1)CCC2. The average Bonchev–Trinajstić information content (AvgIpc) is 3.01. The Hall–Kier alpha value is -1.52. The van der Waals surface area contributed by atoms with Gasteiger partial charge in [0.25, 0.3) is 0 Å². The number of anilines is 1. The smallest absolute Gasteiger partial charge is 0.230 e. The fourth-order valence-corrected chi connectivity index (χ4v) is 3.98. The summed E-state index contributed by atoms with van der Waals surface area (Å²) in [5.41, 5.74) is 9.96. The first-order valence-electron chi connectivity index (χ1n) is 6.19. The maximum Gasteiger partial charge on any atom is 0.230 e. The maximum atomic E-state index is 6.13. The minimum Gasteiger partial charge on any atom is -0.436 e. The summed E-state index contributed by atoms with van der Waals surface area (Å²) in [7, 11) is 0. The predicted molar refractivity (Wildman–Crippen MR) is 78.8 cm³/mol. The van der Waals surface area contributed by atoms with Crippen molar-refractivity contribution >= 4 is 39.0 Å². The number of thiophene rings is 1. The van der Waals surface area contributed by atoms with Gasteiger partial charge in [-0.15, -0.1) is 11.3 Å².